The van der Waals surface area contributed by atoms with Crippen molar-refractivity contribution in [2.24, 2.45) is 0 Å². The Bertz CT molecular complexity index is 1070. The van der Waals surface area contributed by atoms with Crippen LogP contribution in [-0.2, 0) is 16.1 Å². The molecule has 0 unspecified atom stereocenters. The van der Waals surface area contributed by atoms with Crippen molar-refractivity contribution in [3.8, 4) is 0 Å². The number of carbonyl (C=O) groups excluding carboxylic acids is 2. The zero-order valence-corrected chi connectivity index (χ0v) is 15.3. The summed E-state index contributed by atoms with van der Waals surface area (Å²) in [4.78, 5) is 33.8. The SMILES string of the molecule is O=C(NCc1cc(F)cc(Cl)c1)[C@@]1(O)CCN(c2cnc3[nH]ccc3c2)C1=O. The number of fused-ring (bicyclic) bond motifs is 1. The number of H-pyrrole nitrogens is 1. The van der Waals surface area contributed by atoms with Crippen molar-refractivity contribution in [3.05, 3.63) is 59.1 Å². The highest BCUT2D eigenvalue weighted by Crippen LogP contribution is 2.30. The van der Waals surface area contributed by atoms with Crippen molar-refractivity contribution in [1.29, 1.82) is 0 Å². The lowest BCUT2D eigenvalue weighted by atomic mass is 10.0. The van der Waals surface area contributed by atoms with Gasteiger partial charge >= 0.3 is 0 Å². The fourth-order valence-electron chi connectivity index (χ4n) is 3.28. The normalized spacial score (nSPS) is 19.4. The van der Waals surface area contributed by atoms with Crippen LogP contribution in [0.3, 0.4) is 0 Å². The predicted molar refractivity (Wildman–Crippen MR) is 101 cm³/mol. The molecule has 0 bridgehead atoms. The second-order valence-electron chi connectivity index (χ2n) is 6.64. The van der Waals surface area contributed by atoms with Gasteiger partial charge in [0.2, 0.25) is 5.60 Å². The summed E-state index contributed by atoms with van der Waals surface area (Å²) in [6.45, 7) is 0.106. The van der Waals surface area contributed by atoms with Gasteiger partial charge in [0, 0.05) is 36.1 Å². The van der Waals surface area contributed by atoms with Gasteiger partial charge in [-0.15, -0.1) is 0 Å². The van der Waals surface area contributed by atoms with Crippen LogP contribution in [0.5, 0.6) is 0 Å². The van der Waals surface area contributed by atoms with Crippen LogP contribution in [0.25, 0.3) is 11.0 Å². The van der Waals surface area contributed by atoms with Gasteiger partial charge in [0.15, 0.2) is 0 Å². The molecule has 9 heteroatoms. The summed E-state index contributed by atoms with van der Waals surface area (Å²) < 4.78 is 13.4. The van der Waals surface area contributed by atoms with E-state index in [1.165, 1.54) is 23.2 Å². The topological polar surface area (TPSA) is 98.3 Å². The van der Waals surface area contributed by atoms with E-state index in [4.69, 9.17) is 11.6 Å². The summed E-state index contributed by atoms with van der Waals surface area (Å²) in [6, 6.07) is 7.44. The van der Waals surface area contributed by atoms with Gasteiger partial charge in [-0.25, -0.2) is 9.37 Å². The summed E-state index contributed by atoms with van der Waals surface area (Å²) in [5, 5.41) is 14.2. The van der Waals surface area contributed by atoms with Crippen LogP contribution in [-0.4, -0.2) is 39.0 Å². The molecule has 4 rings (SSSR count). The lowest BCUT2D eigenvalue weighted by Gasteiger charge is -2.21. The van der Waals surface area contributed by atoms with Crippen LogP contribution >= 0.6 is 11.6 Å². The standard InChI is InChI=1S/C19H16ClFN4O3/c20-13-5-11(6-14(21)8-13)9-24-17(26)19(28)2-4-25(18(19)27)15-7-12-1-3-22-16(12)23-10-15/h1,3,5-8,10,28H,2,4,9H2,(H,22,23)(H,24,26)/t19-/m0/s1. The number of amides is 2. The van der Waals surface area contributed by atoms with E-state index in [0.717, 1.165) is 11.5 Å². The number of benzene rings is 1. The Kier molecular flexibility index (Phi) is 4.52. The number of nitrogens with one attached hydrogen (secondary N) is 2. The second-order valence-corrected chi connectivity index (χ2v) is 7.07. The van der Waals surface area contributed by atoms with Crippen LogP contribution < -0.4 is 10.2 Å². The number of aliphatic hydroxyl groups is 1. The van der Waals surface area contributed by atoms with Crippen LogP contribution in [0.4, 0.5) is 10.1 Å². The van der Waals surface area contributed by atoms with Gasteiger partial charge < -0.3 is 20.3 Å². The molecule has 2 amide bonds. The molecule has 1 aliphatic rings. The van der Waals surface area contributed by atoms with E-state index in [2.05, 4.69) is 15.3 Å². The Morgan fingerprint density at radius 1 is 1.39 bits per heavy atom. The lowest BCUT2D eigenvalue weighted by molar-refractivity contribution is -0.149. The maximum atomic E-state index is 13.4. The molecule has 1 aromatic carbocycles. The maximum absolute atomic E-state index is 13.4. The molecule has 1 fully saturated rings. The van der Waals surface area contributed by atoms with Gasteiger partial charge in [0.05, 0.1) is 11.9 Å². The van der Waals surface area contributed by atoms with Gasteiger partial charge in [0.1, 0.15) is 11.5 Å². The molecule has 1 atom stereocenters. The molecule has 7 nitrogen and oxygen atoms in total. The smallest absolute Gasteiger partial charge is 0.268 e. The van der Waals surface area contributed by atoms with Crippen LogP contribution in [0.15, 0.2) is 42.7 Å². The van der Waals surface area contributed by atoms with E-state index in [0.29, 0.717) is 16.9 Å². The molecule has 0 spiro atoms. The Hall–Kier alpha value is -2.97. The average molecular weight is 403 g/mol. The minimum Gasteiger partial charge on any atom is -0.372 e. The third-order valence-electron chi connectivity index (χ3n) is 4.74. The Morgan fingerprint density at radius 2 is 2.21 bits per heavy atom. The van der Waals surface area contributed by atoms with Gasteiger partial charge in [-0.05, 0) is 35.9 Å². The van der Waals surface area contributed by atoms with Crippen LogP contribution in [0.1, 0.15) is 12.0 Å². The van der Waals surface area contributed by atoms with E-state index in [-0.39, 0.29) is 24.5 Å². The highest BCUT2D eigenvalue weighted by atomic mass is 35.5. The summed E-state index contributed by atoms with van der Waals surface area (Å²) in [7, 11) is 0. The minimum absolute atomic E-state index is 0.0628. The summed E-state index contributed by atoms with van der Waals surface area (Å²) in [6.07, 6.45) is 3.18. The van der Waals surface area contributed by atoms with E-state index in [1.54, 1.807) is 12.3 Å². The number of anilines is 1. The number of pyridine rings is 1. The first-order valence-corrected chi connectivity index (χ1v) is 8.95. The maximum Gasteiger partial charge on any atom is 0.268 e. The predicted octanol–water partition coefficient (Wildman–Crippen LogP) is 2.14. The molecule has 3 aromatic rings. The van der Waals surface area contributed by atoms with Crippen molar-refractivity contribution in [1.82, 2.24) is 15.3 Å². The van der Waals surface area contributed by atoms with E-state index in [1.807, 2.05) is 6.07 Å². The van der Waals surface area contributed by atoms with E-state index >= 15 is 0 Å². The minimum atomic E-state index is -2.19. The lowest BCUT2D eigenvalue weighted by Crippen LogP contribution is -2.52. The summed E-state index contributed by atoms with van der Waals surface area (Å²) in [5.41, 5.74) is -0.592. The molecular weight excluding hydrogens is 387 g/mol. The monoisotopic (exact) mass is 402 g/mol. The Balaban J connectivity index is 1.49. The van der Waals surface area contributed by atoms with Gasteiger partial charge in [0.25, 0.3) is 11.8 Å². The van der Waals surface area contributed by atoms with Crippen LogP contribution in [0, 0.1) is 5.82 Å². The number of halogens is 2. The van der Waals surface area contributed by atoms with Gasteiger partial charge in [-0.3, -0.25) is 9.59 Å². The third-order valence-corrected chi connectivity index (χ3v) is 4.96. The molecule has 3 N–H and O–H groups in total. The van der Waals surface area contributed by atoms with Crippen molar-refractivity contribution in [2.75, 3.05) is 11.4 Å². The van der Waals surface area contributed by atoms with Crippen molar-refractivity contribution < 1.29 is 19.1 Å². The first-order valence-electron chi connectivity index (χ1n) is 8.57. The number of aromatic amines is 1. The first kappa shape index (κ1) is 18.4. The van der Waals surface area contributed by atoms with Gasteiger partial charge in [-0.2, -0.15) is 0 Å². The molecule has 1 aliphatic heterocycles. The summed E-state index contributed by atoms with van der Waals surface area (Å²) >= 11 is 5.79. The molecule has 2 aromatic heterocycles. The fraction of sp³-hybridized carbons (Fsp3) is 0.211. The van der Waals surface area contributed by atoms with Crippen molar-refractivity contribution >= 4 is 40.1 Å². The van der Waals surface area contributed by atoms with E-state index in [9.17, 15) is 19.1 Å². The number of carbonyl (C=O) groups is 2. The van der Waals surface area contributed by atoms with Gasteiger partial charge in [-0.1, -0.05) is 11.6 Å². The number of rotatable bonds is 4. The number of hydrogen-bond acceptors (Lipinski definition) is 4. The van der Waals surface area contributed by atoms with E-state index < -0.39 is 23.2 Å². The zero-order chi connectivity index (χ0) is 19.9. The third kappa shape index (κ3) is 3.21. The highest BCUT2D eigenvalue weighted by Gasteiger charge is 2.51. The van der Waals surface area contributed by atoms with Crippen LogP contribution in [0.2, 0.25) is 5.02 Å². The Morgan fingerprint density at radius 3 is 3.00 bits per heavy atom. The quantitative estimate of drug-likeness (QED) is 0.582. The molecule has 28 heavy (non-hydrogen) atoms. The summed E-state index contributed by atoms with van der Waals surface area (Å²) in [5.74, 6) is -2.10. The Labute approximate surface area is 164 Å². The zero-order valence-electron chi connectivity index (χ0n) is 14.6. The average Bonchev–Trinajstić information content (AvgIpc) is 3.24. The van der Waals surface area contributed by atoms with Crippen molar-refractivity contribution in [2.45, 2.75) is 18.6 Å². The first-order chi connectivity index (χ1) is 13.4. The molecule has 144 valence electrons. The largest absolute Gasteiger partial charge is 0.372 e. The molecule has 0 radical (unpaired) electrons. The number of hydrogen-bond donors (Lipinski definition) is 3. The second kappa shape index (κ2) is 6.88. The fourth-order valence-corrected chi connectivity index (χ4v) is 3.52. The molecule has 3 heterocycles. The number of aromatic nitrogens is 2. The molecule has 0 saturated carbocycles. The molecular formula is C19H16ClFN4O3. The van der Waals surface area contributed by atoms with Crippen molar-refractivity contribution in [3.63, 3.8) is 0 Å². The highest BCUT2D eigenvalue weighted by molar-refractivity contribution is 6.30. The number of nitrogens with zero attached hydrogens (tertiary/aromatic N) is 2. The molecule has 0 aliphatic carbocycles. The molecule has 1 saturated heterocycles.